The van der Waals surface area contributed by atoms with Crippen LogP contribution in [0.2, 0.25) is 0 Å². The van der Waals surface area contributed by atoms with Gasteiger partial charge in [-0.1, -0.05) is 22.7 Å². The number of nitrogens with zero attached hydrogens (tertiary/aromatic N) is 2. The van der Waals surface area contributed by atoms with Crippen LogP contribution in [0, 0.1) is 5.82 Å². The Kier molecular flexibility index (Phi) is 3.43. The summed E-state index contributed by atoms with van der Waals surface area (Å²) >= 11 is 1.01. The van der Waals surface area contributed by atoms with Gasteiger partial charge in [-0.05, 0) is 24.5 Å². The summed E-state index contributed by atoms with van der Waals surface area (Å²) in [5.41, 5.74) is 0.457. The van der Waals surface area contributed by atoms with Gasteiger partial charge in [-0.2, -0.15) is 0 Å². The highest BCUT2D eigenvalue weighted by atomic mass is 32.1. The van der Waals surface area contributed by atoms with Gasteiger partial charge in [0, 0.05) is 5.56 Å². The zero-order chi connectivity index (χ0) is 12.3. The molecule has 0 saturated carbocycles. The second-order valence-electron chi connectivity index (χ2n) is 3.50. The topological polar surface area (TPSA) is 54.9 Å². The third kappa shape index (κ3) is 2.65. The summed E-state index contributed by atoms with van der Waals surface area (Å²) < 4.78 is 17.1. The number of halogens is 1. The first-order chi connectivity index (χ1) is 8.18. The van der Waals surface area contributed by atoms with Crippen molar-refractivity contribution < 1.29 is 9.18 Å². The Balaban J connectivity index is 2.10. The average molecular weight is 251 g/mol. The van der Waals surface area contributed by atoms with Crippen LogP contribution in [0.1, 0.15) is 28.2 Å². The van der Waals surface area contributed by atoms with Gasteiger partial charge in [0.15, 0.2) is 0 Å². The quantitative estimate of drug-likeness (QED) is 0.909. The first-order valence-corrected chi connectivity index (χ1v) is 5.78. The first-order valence-electron chi connectivity index (χ1n) is 5.01. The van der Waals surface area contributed by atoms with E-state index in [1.807, 2.05) is 0 Å². The number of hydrogen-bond donors (Lipinski definition) is 1. The number of carbonyl (C=O) groups is 1. The minimum atomic E-state index is -0.397. The van der Waals surface area contributed by atoms with Crippen molar-refractivity contribution in [2.24, 2.45) is 0 Å². The molecule has 4 nitrogen and oxygen atoms in total. The molecule has 88 valence electrons. The number of aromatic nitrogens is 2. The van der Waals surface area contributed by atoms with Crippen LogP contribution >= 0.6 is 11.5 Å². The molecule has 1 aromatic heterocycles. The molecule has 1 N–H and O–H groups in total. The van der Waals surface area contributed by atoms with Crippen molar-refractivity contribution in [1.29, 1.82) is 0 Å². The van der Waals surface area contributed by atoms with Crippen LogP contribution in [0.3, 0.4) is 0 Å². The lowest BCUT2D eigenvalue weighted by Crippen LogP contribution is -2.26. The van der Waals surface area contributed by atoms with Crippen LogP contribution in [0.15, 0.2) is 30.5 Å². The predicted molar refractivity (Wildman–Crippen MR) is 62.2 cm³/mol. The monoisotopic (exact) mass is 251 g/mol. The minimum absolute atomic E-state index is 0.296. The molecule has 1 heterocycles. The van der Waals surface area contributed by atoms with Gasteiger partial charge < -0.3 is 5.32 Å². The molecule has 0 aliphatic heterocycles. The van der Waals surface area contributed by atoms with Crippen LogP contribution in [0.25, 0.3) is 0 Å². The van der Waals surface area contributed by atoms with Crippen LogP contribution in [-0.2, 0) is 0 Å². The van der Waals surface area contributed by atoms with Gasteiger partial charge in [-0.3, -0.25) is 4.79 Å². The Morgan fingerprint density at radius 2 is 2.24 bits per heavy atom. The molecule has 6 heteroatoms. The van der Waals surface area contributed by atoms with E-state index < -0.39 is 6.04 Å². The summed E-state index contributed by atoms with van der Waals surface area (Å²) in [5.74, 6) is -0.626. The number of rotatable bonds is 3. The Morgan fingerprint density at radius 3 is 2.88 bits per heavy atom. The highest BCUT2D eigenvalue weighted by Crippen LogP contribution is 2.16. The molecule has 2 aromatic rings. The summed E-state index contributed by atoms with van der Waals surface area (Å²) in [6.45, 7) is 1.73. The molecular weight excluding hydrogens is 241 g/mol. The number of amides is 1. The third-order valence-electron chi connectivity index (χ3n) is 2.30. The van der Waals surface area contributed by atoms with Gasteiger partial charge in [0.1, 0.15) is 10.7 Å². The van der Waals surface area contributed by atoms with Crippen molar-refractivity contribution in [3.05, 3.63) is 46.7 Å². The highest BCUT2D eigenvalue weighted by Gasteiger charge is 2.15. The SMILES string of the molecule is CC(NC(=O)c1cnns1)c1ccccc1F. The average Bonchev–Trinajstić information content (AvgIpc) is 2.82. The second-order valence-corrected chi connectivity index (χ2v) is 4.28. The molecule has 0 saturated heterocycles. The van der Waals surface area contributed by atoms with Crippen LogP contribution in [0.5, 0.6) is 0 Å². The Morgan fingerprint density at radius 1 is 1.47 bits per heavy atom. The van der Waals surface area contributed by atoms with Crippen molar-refractivity contribution in [2.45, 2.75) is 13.0 Å². The zero-order valence-corrected chi connectivity index (χ0v) is 9.87. The fraction of sp³-hybridized carbons (Fsp3) is 0.182. The molecule has 1 aromatic carbocycles. The molecule has 1 amide bonds. The number of benzene rings is 1. The summed E-state index contributed by atoms with van der Waals surface area (Å²) in [4.78, 5) is 12.1. The van der Waals surface area contributed by atoms with E-state index in [1.54, 1.807) is 25.1 Å². The van der Waals surface area contributed by atoms with Crippen molar-refractivity contribution in [3.63, 3.8) is 0 Å². The second kappa shape index (κ2) is 5.01. The van der Waals surface area contributed by atoms with E-state index in [-0.39, 0.29) is 11.7 Å². The molecule has 1 atom stereocenters. The Bertz CT molecular complexity index is 515. The fourth-order valence-corrected chi connectivity index (χ4v) is 1.86. The number of hydrogen-bond acceptors (Lipinski definition) is 4. The standard InChI is InChI=1S/C11H10FN3OS/c1-7(8-4-2-3-5-9(8)12)14-11(16)10-6-13-15-17-10/h2-7H,1H3,(H,14,16). The van der Waals surface area contributed by atoms with Crippen molar-refractivity contribution in [3.8, 4) is 0 Å². The molecule has 2 rings (SSSR count). The molecule has 0 aliphatic rings. The minimum Gasteiger partial charge on any atom is -0.345 e. The normalized spacial score (nSPS) is 12.1. The van der Waals surface area contributed by atoms with E-state index in [9.17, 15) is 9.18 Å². The predicted octanol–water partition coefficient (Wildman–Crippen LogP) is 2.17. The molecule has 0 fully saturated rings. The van der Waals surface area contributed by atoms with E-state index in [0.29, 0.717) is 10.4 Å². The summed E-state index contributed by atoms with van der Waals surface area (Å²) in [7, 11) is 0. The Labute approximate surface area is 102 Å². The van der Waals surface area contributed by atoms with E-state index >= 15 is 0 Å². The number of carbonyl (C=O) groups excluding carboxylic acids is 1. The lowest BCUT2D eigenvalue weighted by atomic mass is 10.1. The first kappa shape index (κ1) is 11.7. The van der Waals surface area contributed by atoms with E-state index in [0.717, 1.165) is 11.5 Å². The van der Waals surface area contributed by atoms with Crippen LogP contribution < -0.4 is 5.32 Å². The molecule has 0 spiro atoms. The smallest absolute Gasteiger partial charge is 0.265 e. The van der Waals surface area contributed by atoms with Gasteiger partial charge in [0.05, 0.1) is 12.2 Å². The molecular formula is C11H10FN3OS. The summed E-state index contributed by atoms with van der Waals surface area (Å²) in [6, 6.07) is 5.96. The van der Waals surface area contributed by atoms with E-state index in [2.05, 4.69) is 14.9 Å². The summed E-state index contributed by atoms with van der Waals surface area (Å²) in [5, 5.41) is 6.27. The van der Waals surface area contributed by atoms with Crippen LogP contribution in [0.4, 0.5) is 4.39 Å². The van der Waals surface area contributed by atoms with Crippen LogP contribution in [-0.4, -0.2) is 15.5 Å². The van der Waals surface area contributed by atoms with Gasteiger partial charge in [0.25, 0.3) is 5.91 Å². The van der Waals surface area contributed by atoms with Crippen molar-refractivity contribution >= 4 is 17.4 Å². The van der Waals surface area contributed by atoms with Gasteiger partial charge in [-0.25, -0.2) is 4.39 Å². The third-order valence-corrected chi connectivity index (χ3v) is 2.97. The molecule has 0 bridgehead atoms. The zero-order valence-electron chi connectivity index (χ0n) is 9.05. The van der Waals surface area contributed by atoms with Gasteiger partial charge >= 0.3 is 0 Å². The molecule has 0 radical (unpaired) electrons. The maximum atomic E-state index is 13.5. The number of nitrogens with one attached hydrogen (secondary N) is 1. The largest absolute Gasteiger partial charge is 0.345 e. The van der Waals surface area contributed by atoms with E-state index in [1.165, 1.54) is 12.3 Å². The maximum absolute atomic E-state index is 13.5. The fourth-order valence-electron chi connectivity index (χ4n) is 1.44. The van der Waals surface area contributed by atoms with Gasteiger partial charge in [-0.15, -0.1) is 5.10 Å². The molecule has 1 unspecified atom stereocenters. The lowest BCUT2D eigenvalue weighted by Gasteiger charge is -2.13. The van der Waals surface area contributed by atoms with Gasteiger partial charge in [0.2, 0.25) is 0 Å². The van der Waals surface area contributed by atoms with Crippen molar-refractivity contribution in [1.82, 2.24) is 14.9 Å². The van der Waals surface area contributed by atoms with E-state index in [4.69, 9.17) is 0 Å². The Hall–Kier alpha value is -1.82. The maximum Gasteiger partial charge on any atom is 0.265 e. The molecule has 17 heavy (non-hydrogen) atoms. The molecule has 0 aliphatic carbocycles. The van der Waals surface area contributed by atoms with Crippen molar-refractivity contribution in [2.75, 3.05) is 0 Å². The summed E-state index contributed by atoms with van der Waals surface area (Å²) in [6.07, 6.45) is 1.38. The highest BCUT2D eigenvalue weighted by molar-refractivity contribution is 7.07. The lowest BCUT2D eigenvalue weighted by molar-refractivity contribution is 0.0943.